The molecular formula is C6H17ClN5OSi. The van der Waals surface area contributed by atoms with Crippen molar-refractivity contribution in [1.29, 1.82) is 5.41 Å². The molecule has 0 aromatic rings. The molecule has 3 radical (unpaired) electrons. The summed E-state index contributed by atoms with van der Waals surface area (Å²) < 4.78 is 0. The van der Waals surface area contributed by atoms with E-state index in [1.165, 1.54) is 0 Å². The standard InChI is InChI=1S/C6H15N5.ClH.HOSi/c1-2-3-4-10-6(9)11-5(7)8;;1-2/h2-4H2,1H3,(H6,7,8,9,10,11);1H;1H. The van der Waals surface area contributed by atoms with Crippen LogP contribution in [0, 0.1) is 5.41 Å². The van der Waals surface area contributed by atoms with Gasteiger partial charge in [-0.05, 0) is 6.42 Å². The van der Waals surface area contributed by atoms with Gasteiger partial charge in [0.2, 0.25) is 10.5 Å². The van der Waals surface area contributed by atoms with Crippen LogP contribution in [0.3, 0.4) is 0 Å². The second-order valence-corrected chi connectivity index (χ2v) is 2.16. The minimum absolute atomic E-state index is 0. The van der Waals surface area contributed by atoms with E-state index in [4.69, 9.17) is 21.7 Å². The monoisotopic (exact) mass is 238 g/mol. The molecule has 0 aliphatic carbocycles. The normalized spacial score (nSPS) is 9.21. The van der Waals surface area contributed by atoms with E-state index >= 15 is 0 Å². The molecule has 0 spiro atoms. The first kappa shape index (κ1) is 18.9. The maximum atomic E-state index is 6.81. The van der Waals surface area contributed by atoms with Crippen molar-refractivity contribution in [1.82, 2.24) is 5.32 Å². The number of nitrogens with one attached hydrogen (secondary N) is 2. The Labute approximate surface area is 93.6 Å². The van der Waals surface area contributed by atoms with E-state index in [1.54, 1.807) is 0 Å². The molecule has 0 amide bonds. The predicted octanol–water partition coefficient (Wildman–Crippen LogP) is -0.932. The molecule has 0 heterocycles. The molecule has 0 aliphatic heterocycles. The van der Waals surface area contributed by atoms with Gasteiger partial charge in [0.15, 0.2) is 11.9 Å². The number of guanidine groups is 2. The fourth-order valence-electron chi connectivity index (χ4n) is 0.535. The number of aliphatic imine (C=N–C) groups is 1. The maximum absolute atomic E-state index is 6.81. The highest BCUT2D eigenvalue weighted by Gasteiger charge is 1.90. The third kappa shape index (κ3) is 17.3. The molecule has 0 rings (SSSR count). The fourth-order valence-corrected chi connectivity index (χ4v) is 0.535. The van der Waals surface area contributed by atoms with Crippen molar-refractivity contribution in [3.8, 4) is 0 Å². The zero-order chi connectivity index (χ0) is 10.7. The number of hydrogen-bond acceptors (Lipinski definition) is 3. The Bertz CT molecular complexity index is 166. The van der Waals surface area contributed by atoms with Crippen LogP contribution in [0.2, 0.25) is 0 Å². The minimum Gasteiger partial charge on any atom is -0.433 e. The van der Waals surface area contributed by atoms with Crippen LogP contribution in [0.15, 0.2) is 4.99 Å². The van der Waals surface area contributed by atoms with E-state index in [1.807, 2.05) is 10.5 Å². The number of nitrogens with two attached hydrogens (primary N) is 2. The summed E-state index contributed by atoms with van der Waals surface area (Å²) >= 11 is 0. The highest BCUT2D eigenvalue weighted by Crippen LogP contribution is 1.85. The number of hydrogen-bond donors (Lipinski definition) is 5. The molecule has 0 atom stereocenters. The molecule has 0 saturated carbocycles. The van der Waals surface area contributed by atoms with Gasteiger partial charge in [-0.25, -0.2) is 0 Å². The molecule has 7 N–H and O–H groups in total. The Balaban J connectivity index is -0.000000376. The molecular weight excluding hydrogens is 222 g/mol. The quantitative estimate of drug-likeness (QED) is 0.189. The van der Waals surface area contributed by atoms with Crippen molar-refractivity contribution >= 4 is 34.8 Å². The third-order valence-corrected chi connectivity index (χ3v) is 1.06. The summed E-state index contributed by atoms with van der Waals surface area (Å²) in [4.78, 5) is 10.7. The minimum atomic E-state index is -0.178. The fraction of sp³-hybridized carbons (Fsp3) is 0.667. The molecule has 14 heavy (non-hydrogen) atoms. The zero-order valence-electron chi connectivity index (χ0n) is 8.08. The lowest BCUT2D eigenvalue weighted by Crippen LogP contribution is -2.40. The van der Waals surface area contributed by atoms with Crippen LogP contribution >= 0.6 is 12.4 Å². The first-order chi connectivity index (χ1) is 6.16. The van der Waals surface area contributed by atoms with Crippen LogP contribution in [0.1, 0.15) is 19.8 Å². The van der Waals surface area contributed by atoms with Crippen molar-refractivity contribution in [2.45, 2.75) is 19.8 Å². The molecule has 0 aromatic carbocycles. The lowest BCUT2D eigenvalue weighted by atomic mass is 10.3. The predicted molar refractivity (Wildman–Crippen MR) is 61.7 cm³/mol. The van der Waals surface area contributed by atoms with Crippen molar-refractivity contribution in [3.05, 3.63) is 0 Å². The van der Waals surface area contributed by atoms with E-state index < -0.39 is 0 Å². The van der Waals surface area contributed by atoms with Crippen LogP contribution in [0.25, 0.3) is 0 Å². The van der Waals surface area contributed by atoms with Crippen LogP contribution in [-0.2, 0) is 0 Å². The Morgan fingerprint density at radius 1 is 1.50 bits per heavy atom. The molecule has 0 aliphatic rings. The van der Waals surface area contributed by atoms with Gasteiger partial charge in [0.1, 0.15) is 0 Å². The zero-order valence-corrected chi connectivity index (χ0v) is 9.90. The Morgan fingerprint density at radius 2 is 2.00 bits per heavy atom. The van der Waals surface area contributed by atoms with Crippen LogP contribution in [0.5, 0.6) is 0 Å². The van der Waals surface area contributed by atoms with Gasteiger partial charge in [0, 0.05) is 6.54 Å². The van der Waals surface area contributed by atoms with Gasteiger partial charge in [-0.1, -0.05) is 13.3 Å². The first-order valence-corrected chi connectivity index (χ1v) is 4.25. The topological polar surface area (TPSA) is 121 Å². The van der Waals surface area contributed by atoms with Gasteiger partial charge in [-0.3, -0.25) is 15.7 Å². The third-order valence-electron chi connectivity index (χ3n) is 1.06. The maximum Gasteiger partial charge on any atom is 0.240 e. The number of unbranched alkanes of at least 4 members (excludes halogenated alkanes) is 1. The molecule has 0 saturated heterocycles. The second-order valence-electron chi connectivity index (χ2n) is 2.16. The summed E-state index contributed by atoms with van der Waals surface area (Å²) in [6, 6.07) is 0. The van der Waals surface area contributed by atoms with E-state index in [9.17, 15) is 0 Å². The van der Waals surface area contributed by atoms with Crippen LogP contribution in [-0.4, -0.2) is 33.7 Å². The van der Waals surface area contributed by atoms with Crippen LogP contribution in [0.4, 0.5) is 0 Å². The molecule has 0 unspecified atom stereocenters. The molecule has 83 valence electrons. The largest absolute Gasteiger partial charge is 0.433 e. The summed E-state index contributed by atoms with van der Waals surface area (Å²) in [7, 11) is 1.97. The van der Waals surface area contributed by atoms with Gasteiger partial charge in [-0.2, -0.15) is 0 Å². The van der Waals surface area contributed by atoms with E-state index in [2.05, 4.69) is 17.2 Å². The molecule has 0 aromatic heterocycles. The summed E-state index contributed by atoms with van der Waals surface area (Å²) in [5.41, 5.74) is 10.3. The number of rotatable bonds is 3. The molecule has 6 nitrogen and oxygen atoms in total. The van der Waals surface area contributed by atoms with Gasteiger partial charge in [0.05, 0.1) is 0 Å². The van der Waals surface area contributed by atoms with Crippen molar-refractivity contribution < 1.29 is 4.80 Å². The lowest BCUT2D eigenvalue weighted by molar-refractivity contribution is 0.629. The van der Waals surface area contributed by atoms with Gasteiger partial charge < -0.3 is 16.3 Å². The van der Waals surface area contributed by atoms with E-state index in [-0.39, 0.29) is 24.3 Å². The second kappa shape index (κ2) is 14.7. The van der Waals surface area contributed by atoms with Gasteiger partial charge >= 0.3 is 0 Å². The molecule has 0 fully saturated rings. The van der Waals surface area contributed by atoms with Crippen molar-refractivity contribution in [2.24, 2.45) is 16.5 Å². The van der Waals surface area contributed by atoms with E-state index in [0.29, 0.717) is 6.54 Å². The molecule has 8 heteroatoms. The molecule has 0 bridgehead atoms. The summed E-state index contributed by atoms with van der Waals surface area (Å²) in [6.07, 6.45) is 2.08. The highest BCUT2D eigenvalue weighted by molar-refractivity contribution is 5.95. The van der Waals surface area contributed by atoms with E-state index in [0.717, 1.165) is 12.8 Å². The average Bonchev–Trinajstić information content (AvgIpc) is 2.07. The van der Waals surface area contributed by atoms with Crippen molar-refractivity contribution in [2.75, 3.05) is 6.54 Å². The highest BCUT2D eigenvalue weighted by atomic mass is 35.5. The summed E-state index contributed by atoms with van der Waals surface area (Å²) in [5.74, 6) is 0.0358. The SMILES string of the molecule is CCCCN=C(N)NC(=N)N.Cl.O[Si]. The summed E-state index contributed by atoms with van der Waals surface area (Å²) in [5, 5.41) is 9.20. The first-order valence-electron chi connectivity index (χ1n) is 3.80. The number of halogens is 1. The van der Waals surface area contributed by atoms with Gasteiger partial charge in [-0.15, -0.1) is 12.4 Å². The smallest absolute Gasteiger partial charge is 0.240 e. The Kier molecular flexibility index (Phi) is 19.9. The Hall–Kier alpha value is -0.793. The lowest BCUT2D eigenvalue weighted by Gasteiger charge is -2.00. The number of nitrogens with zero attached hydrogens (tertiary/aromatic N) is 1. The average molecular weight is 239 g/mol. The summed E-state index contributed by atoms with van der Waals surface area (Å²) in [6.45, 7) is 2.76. The Morgan fingerprint density at radius 3 is 2.36 bits per heavy atom. The van der Waals surface area contributed by atoms with Gasteiger partial charge in [0.25, 0.3) is 0 Å². The van der Waals surface area contributed by atoms with Crippen molar-refractivity contribution in [3.63, 3.8) is 0 Å². The van der Waals surface area contributed by atoms with Crippen LogP contribution < -0.4 is 16.8 Å².